The molecule has 76 valence electrons. The molecule has 0 N–H and O–H groups in total. The van der Waals surface area contributed by atoms with Gasteiger partial charge in [0.25, 0.3) is 0 Å². The summed E-state index contributed by atoms with van der Waals surface area (Å²) in [5, 5.41) is 0. The molecule has 0 aromatic carbocycles. The number of hydrogen-bond donors (Lipinski definition) is 0. The number of rotatable bonds is 4. The lowest BCUT2D eigenvalue weighted by molar-refractivity contribution is -0.126. The summed E-state index contributed by atoms with van der Waals surface area (Å²) >= 11 is 0. The molecular weight excluding hydrogens is 174 g/mol. The fraction of sp³-hybridized carbons (Fsp3) is 0.500. The Labute approximate surface area is 85.4 Å². The number of aromatic nitrogens is 1. The Bertz CT molecular complexity index is 303. The van der Waals surface area contributed by atoms with E-state index in [4.69, 9.17) is 0 Å². The highest BCUT2D eigenvalue weighted by molar-refractivity contribution is 5.85. The van der Waals surface area contributed by atoms with Crippen LogP contribution in [-0.4, -0.2) is 10.8 Å². The smallest absolute Gasteiger partial charge is 0.142 e. The molecule has 1 aromatic heterocycles. The molecule has 2 heteroatoms. The molecule has 0 aliphatic rings. The van der Waals surface area contributed by atoms with Gasteiger partial charge in [0.15, 0.2) is 0 Å². The van der Waals surface area contributed by atoms with E-state index in [2.05, 4.69) is 4.98 Å². The van der Waals surface area contributed by atoms with E-state index in [-0.39, 0.29) is 5.41 Å². The van der Waals surface area contributed by atoms with Gasteiger partial charge in [0.2, 0.25) is 0 Å². The standard InChI is InChI=1S/C12H17NO/c1-4-12(2,3)11(14)9-10-5-7-13-8-6-10/h5-8H,4,9H2,1-3H3. The third-order valence-corrected chi connectivity index (χ3v) is 2.75. The zero-order valence-corrected chi connectivity index (χ0v) is 9.08. The van der Waals surface area contributed by atoms with Gasteiger partial charge in [-0.25, -0.2) is 0 Å². The summed E-state index contributed by atoms with van der Waals surface area (Å²) < 4.78 is 0. The molecule has 0 amide bonds. The highest BCUT2D eigenvalue weighted by Gasteiger charge is 2.24. The number of Topliss-reactive ketones (excluding diaryl/α,β-unsaturated/α-hetero) is 1. The second kappa shape index (κ2) is 4.36. The molecule has 0 saturated carbocycles. The molecule has 1 heterocycles. The molecule has 0 bridgehead atoms. The topological polar surface area (TPSA) is 30.0 Å². The summed E-state index contributed by atoms with van der Waals surface area (Å²) in [6.45, 7) is 6.04. The zero-order valence-electron chi connectivity index (χ0n) is 9.08. The van der Waals surface area contributed by atoms with Crippen LogP contribution < -0.4 is 0 Å². The van der Waals surface area contributed by atoms with Crippen LogP contribution in [-0.2, 0) is 11.2 Å². The van der Waals surface area contributed by atoms with Gasteiger partial charge in [0.05, 0.1) is 0 Å². The predicted molar refractivity (Wildman–Crippen MR) is 57.0 cm³/mol. The van der Waals surface area contributed by atoms with Gasteiger partial charge in [-0.3, -0.25) is 9.78 Å². The van der Waals surface area contributed by atoms with Crippen molar-refractivity contribution in [1.29, 1.82) is 0 Å². The van der Waals surface area contributed by atoms with Crippen LogP contribution in [0.3, 0.4) is 0 Å². The second-order valence-electron chi connectivity index (χ2n) is 4.19. The summed E-state index contributed by atoms with van der Waals surface area (Å²) in [5.74, 6) is 0.297. The lowest BCUT2D eigenvalue weighted by Gasteiger charge is -2.20. The summed E-state index contributed by atoms with van der Waals surface area (Å²) in [5.41, 5.74) is 0.843. The average molecular weight is 191 g/mol. The number of nitrogens with zero attached hydrogens (tertiary/aromatic N) is 1. The van der Waals surface area contributed by atoms with Crippen LogP contribution in [0.1, 0.15) is 32.8 Å². The number of carbonyl (C=O) groups is 1. The molecular formula is C12H17NO. The molecule has 1 rings (SSSR count). The van der Waals surface area contributed by atoms with Crippen LogP contribution in [0.2, 0.25) is 0 Å². The van der Waals surface area contributed by atoms with Gasteiger partial charge < -0.3 is 0 Å². The van der Waals surface area contributed by atoms with Gasteiger partial charge in [0.1, 0.15) is 5.78 Å². The number of ketones is 1. The maximum atomic E-state index is 11.8. The fourth-order valence-corrected chi connectivity index (χ4v) is 1.12. The van der Waals surface area contributed by atoms with Gasteiger partial charge in [-0.1, -0.05) is 20.8 Å². The molecule has 0 spiro atoms. The predicted octanol–water partition coefficient (Wildman–Crippen LogP) is 2.63. The molecule has 0 aliphatic heterocycles. The van der Waals surface area contributed by atoms with E-state index < -0.39 is 0 Å². The minimum absolute atomic E-state index is 0.205. The van der Waals surface area contributed by atoms with Crippen LogP contribution in [0.25, 0.3) is 0 Å². The molecule has 0 atom stereocenters. The van der Waals surface area contributed by atoms with Crippen molar-refractivity contribution >= 4 is 5.78 Å². The summed E-state index contributed by atoms with van der Waals surface area (Å²) in [4.78, 5) is 15.8. The van der Waals surface area contributed by atoms with E-state index in [0.29, 0.717) is 12.2 Å². The van der Waals surface area contributed by atoms with Gasteiger partial charge in [-0.05, 0) is 24.1 Å². The van der Waals surface area contributed by atoms with E-state index in [1.807, 2.05) is 32.9 Å². The van der Waals surface area contributed by atoms with E-state index >= 15 is 0 Å². The van der Waals surface area contributed by atoms with Crippen LogP contribution in [0.15, 0.2) is 24.5 Å². The molecule has 0 radical (unpaired) electrons. The van der Waals surface area contributed by atoms with Crippen LogP contribution in [0.4, 0.5) is 0 Å². The first-order valence-electron chi connectivity index (χ1n) is 4.98. The second-order valence-corrected chi connectivity index (χ2v) is 4.19. The van der Waals surface area contributed by atoms with Crippen molar-refractivity contribution < 1.29 is 4.79 Å². The molecule has 0 fully saturated rings. The Hall–Kier alpha value is -1.18. The first-order valence-corrected chi connectivity index (χ1v) is 4.98. The van der Waals surface area contributed by atoms with Crippen molar-refractivity contribution in [3.05, 3.63) is 30.1 Å². The van der Waals surface area contributed by atoms with Crippen molar-refractivity contribution in [3.8, 4) is 0 Å². The first-order chi connectivity index (χ1) is 6.56. The Morgan fingerprint density at radius 3 is 2.43 bits per heavy atom. The summed E-state index contributed by atoms with van der Waals surface area (Å²) in [7, 11) is 0. The van der Waals surface area contributed by atoms with E-state index in [1.165, 1.54) is 0 Å². The number of pyridine rings is 1. The molecule has 0 aliphatic carbocycles. The van der Waals surface area contributed by atoms with E-state index in [1.54, 1.807) is 12.4 Å². The third kappa shape index (κ3) is 2.66. The molecule has 0 saturated heterocycles. The van der Waals surface area contributed by atoms with Gasteiger partial charge >= 0.3 is 0 Å². The summed E-state index contributed by atoms with van der Waals surface area (Å²) in [6.07, 6.45) is 4.85. The highest BCUT2D eigenvalue weighted by Crippen LogP contribution is 2.22. The fourth-order valence-electron chi connectivity index (χ4n) is 1.12. The average Bonchev–Trinajstić information content (AvgIpc) is 2.19. The Morgan fingerprint density at radius 1 is 1.36 bits per heavy atom. The monoisotopic (exact) mass is 191 g/mol. The van der Waals surface area contributed by atoms with Crippen molar-refractivity contribution in [3.63, 3.8) is 0 Å². The van der Waals surface area contributed by atoms with Crippen LogP contribution >= 0.6 is 0 Å². The largest absolute Gasteiger partial charge is 0.299 e. The maximum absolute atomic E-state index is 11.8. The van der Waals surface area contributed by atoms with Crippen molar-refractivity contribution in [2.75, 3.05) is 0 Å². The molecule has 0 unspecified atom stereocenters. The van der Waals surface area contributed by atoms with Crippen LogP contribution in [0, 0.1) is 5.41 Å². The Morgan fingerprint density at radius 2 is 1.93 bits per heavy atom. The first kappa shape index (κ1) is 10.9. The summed E-state index contributed by atoms with van der Waals surface area (Å²) in [6, 6.07) is 3.78. The quantitative estimate of drug-likeness (QED) is 0.732. The normalized spacial score (nSPS) is 11.4. The van der Waals surface area contributed by atoms with Gasteiger partial charge in [-0.15, -0.1) is 0 Å². The SMILES string of the molecule is CCC(C)(C)C(=O)Cc1ccncc1. The minimum atomic E-state index is -0.205. The Balaban J connectivity index is 2.67. The van der Waals surface area contributed by atoms with Crippen molar-refractivity contribution in [2.24, 2.45) is 5.41 Å². The molecule has 14 heavy (non-hydrogen) atoms. The van der Waals surface area contributed by atoms with E-state index in [0.717, 1.165) is 12.0 Å². The highest BCUT2D eigenvalue weighted by atomic mass is 16.1. The lowest BCUT2D eigenvalue weighted by Crippen LogP contribution is -2.24. The van der Waals surface area contributed by atoms with Crippen molar-refractivity contribution in [1.82, 2.24) is 4.98 Å². The molecule has 2 nitrogen and oxygen atoms in total. The minimum Gasteiger partial charge on any atom is -0.299 e. The molecule has 1 aromatic rings. The zero-order chi connectivity index (χ0) is 10.6. The van der Waals surface area contributed by atoms with Gasteiger partial charge in [-0.2, -0.15) is 0 Å². The number of carbonyl (C=O) groups excluding carboxylic acids is 1. The van der Waals surface area contributed by atoms with Crippen LogP contribution in [0.5, 0.6) is 0 Å². The number of hydrogen-bond acceptors (Lipinski definition) is 2. The van der Waals surface area contributed by atoms with Gasteiger partial charge in [0, 0.05) is 24.2 Å². The maximum Gasteiger partial charge on any atom is 0.142 e. The van der Waals surface area contributed by atoms with Crippen molar-refractivity contribution in [2.45, 2.75) is 33.6 Å². The third-order valence-electron chi connectivity index (χ3n) is 2.75. The van der Waals surface area contributed by atoms with E-state index in [9.17, 15) is 4.79 Å². The lowest BCUT2D eigenvalue weighted by atomic mass is 9.83. The Kier molecular flexibility index (Phi) is 3.39.